The third kappa shape index (κ3) is 2.22. The van der Waals surface area contributed by atoms with Crippen molar-refractivity contribution in [3.8, 4) is 0 Å². The van der Waals surface area contributed by atoms with E-state index >= 15 is 0 Å². The number of pyridine rings is 1. The minimum atomic E-state index is 0.443. The molecule has 1 aromatic carbocycles. The number of rotatable bonds is 3. The van der Waals surface area contributed by atoms with E-state index in [1.54, 1.807) is 6.33 Å². The minimum absolute atomic E-state index is 0.443. The first kappa shape index (κ1) is 11.2. The monoisotopic (exact) mass is 257 g/mol. The molecule has 0 unspecified atom stereocenters. The van der Waals surface area contributed by atoms with Crippen LogP contribution in [0.25, 0.3) is 10.9 Å². The molecular weight excluding hydrogens is 246 g/mol. The lowest BCUT2D eigenvalue weighted by molar-refractivity contribution is 0.776. The minimum Gasteiger partial charge on any atom is -0.331 e. The van der Waals surface area contributed by atoms with Gasteiger partial charge in [0.15, 0.2) is 0 Å². The number of imidazole rings is 1. The van der Waals surface area contributed by atoms with Gasteiger partial charge in [0, 0.05) is 11.6 Å². The van der Waals surface area contributed by atoms with Crippen LogP contribution in [-0.4, -0.2) is 14.5 Å². The molecular formula is C14H12ClN3. The molecule has 3 aromatic rings. The van der Waals surface area contributed by atoms with E-state index in [9.17, 15) is 0 Å². The third-order valence-corrected chi connectivity index (χ3v) is 3.10. The fourth-order valence-electron chi connectivity index (χ4n) is 1.95. The van der Waals surface area contributed by atoms with E-state index in [-0.39, 0.29) is 0 Å². The van der Waals surface area contributed by atoms with Gasteiger partial charge in [0.05, 0.1) is 35.7 Å². The van der Waals surface area contributed by atoms with Gasteiger partial charge in [-0.25, -0.2) is 4.98 Å². The number of benzene rings is 1. The maximum atomic E-state index is 5.73. The lowest BCUT2D eigenvalue weighted by Gasteiger charge is -2.03. The molecule has 3 rings (SSSR count). The Morgan fingerprint density at radius 1 is 1.06 bits per heavy atom. The van der Waals surface area contributed by atoms with E-state index in [1.165, 1.54) is 0 Å². The standard InChI is InChI=1S/C14H12ClN3/c15-7-13-9-18(10-16-13)8-12-6-5-11-3-1-2-4-14(11)17-12/h1-6,9-10H,7-8H2. The molecule has 0 saturated carbocycles. The number of hydrogen-bond donors (Lipinski definition) is 0. The highest BCUT2D eigenvalue weighted by molar-refractivity contribution is 6.16. The van der Waals surface area contributed by atoms with Gasteiger partial charge in [0.2, 0.25) is 0 Å². The van der Waals surface area contributed by atoms with Crippen molar-refractivity contribution < 1.29 is 0 Å². The molecule has 0 aliphatic carbocycles. The topological polar surface area (TPSA) is 30.7 Å². The number of para-hydroxylation sites is 1. The van der Waals surface area contributed by atoms with Gasteiger partial charge in [-0.3, -0.25) is 4.98 Å². The average Bonchev–Trinajstić information content (AvgIpc) is 2.86. The molecule has 0 saturated heterocycles. The first-order valence-corrected chi connectivity index (χ1v) is 6.30. The van der Waals surface area contributed by atoms with Crippen LogP contribution in [0, 0.1) is 0 Å². The molecule has 18 heavy (non-hydrogen) atoms. The maximum absolute atomic E-state index is 5.73. The number of hydrogen-bond acceptors (Lipinski definition) is 2. The summed E-state index contributed by atoms with van der Waals surface area (Å²) in [6, 6.07) is 12.2. The summed E-state index contributed by atoms with van der Waals surface area (Å²) in [5, 5.41) is 1.16. The van der Waals surface area contributed by atoms with Crippen LogP contribution in [0.3, 0.4) is 0 Å². The Balaban J connectivity index is 1.90. The van der Waals surface area contributed by atoms with Gasteiger partial charge in [-0.2, -0.15) is 0 Å². The fraction of sp³-hybridized carbons (Fsp3) is 0.143. The van der Waals surface area contributed by atoms with Crippen LogP contribution in [0.1, 0.15) is 11.4 Å². The van der Waals surface area contributed by atoms with Crippen LogP contribution in [-0.2, 0) is 12.4 Å². The van der Waals surface area contributed by atoms with Gasteiger partial charge in [0.1, 0.15) is 0 Å². The largest absolute Gasteiger partial charge is 0.331 e. The Kier molecular flexibility index (Phi) is 2.99. The number of aromatic nitrogens is 3. The molecule has 0 aliphatic heterocycles. The second-order valence-corrected chi connectivity index (χ2v) is 4.43. The Hall–Kier alpha value is -1.87. The van der Waals surface area contributed by atoms with Crippen LogP contribution in [0.2, 0.25) is 0 Å². The van der Waals surface area contributed by atoms with Crippen LogP contribution >= 0.6 is 11.6 Å². The van der Waals surface area contributed by atoms with Gasteiger partial charge in [-0.1, -0.05) is 24.3 Å². The van der Waals surface area contributed by atoms with Crippen molar-refractivity contribution in [1.29, 1.82) is 0 Å². The number of halogens is 1. The first-order chi connectivity index (χ1) is 8.85. The van der Waals surface area contributed by atoms with Gasteiger partial charge >= 0.3 is 0 Å². The van der Waals surface area contributed by atoms with Crippen LogP contribution in [0.4, 0.5) is 0 Å². The van der Waals surface area contributed by atoms with Crippen molar-refractivity contribution in [2.75, 3.05) is 0 Å². The summed E-state index contributed by atoms with van der Waals surface area (Å²) < 4.78 is 1.99. The van der Waals surface area contributed by atoms with Crippen molar-refractivity contribution >= 4 is 22.5 Å². The molecule has 2 aromatic heterocycles. The summed E-state index contributed by atoms with van der Waals surface area (Å²) in [6.45, 7) is 0.717. The Labute approximate surface area is 110 Å². The van der Waals surface area contributed by atoms with Gasteiger partial charge in [0.25, 0.3) is 0 Å². The molecule has 0 aliphatic rings. The van der Waals surface area contributed by atoms with Crippen molar-refractivity contribution in [3.05, 3.63) is 60.3 Å². The SMILES string of the molecule is ClCc1cn(Cc2ccc3ccccc3n2)cn1. The van der Waals surface area contributed by atoms with Gasteiger partial charge < -0.3 is 4.57 Å². The molecule has 0 fully saturated rings. The zero-order chi connectivity index (χ0) is 12.4. The molecule has 90 valence electrons. The number of alkyl halides is 1. The molecule has 0 radical (unpaired) electrons. The summed E-state index contributed by atoms with van der Waals surface area (Å²) in [6.07, 6.45) is 3.73. The molecule has 0 bridgehead atoms. The quantitative estimate of drug-likeness (QED) is 0.675. The van der Waals surface area contributed by atoms with Crippen LogP contribution in [0.15, 0.2) is 48.9 Å². The highest BCUT2D eigenvalue weighted by Crippen LogP contribution is 2.12. The molecule has 0 amide bonds. The Bertz CT molecular complexity index is 675. The van der Waals surface area contributed by atoms with E-state index in [0.717, 1.165) is 22.3 Å². The van der Waals surface area contributed by atoms with Crippen molar-refractivity contribution in [3.63, 3.8) is 0 Å². The summed E-state index contributed by atoms with van der Waals surface area (Å²) in [4.78, 5) is 8.82. The summed E-state index contributed by atoms with van der Waals surface area (Å²) in [5.74, 6) is 0.443. The van der Waals surface area contributed by atoms with E-state index < -0.39 is 0 Å². The average molecular weight is 258 g/mol. The lowest BCUT2D eigenvalue weighted by Crippen LogP contribution is -1.99. The van der Waals surface area contributed by atoms with E-state index in [4.69, 9.17) is 11.6 Å². The number of nitrogens with zero attached hydrogens (tertiary/aromatic N) is 3. The predicted octanol–water partition coefficient (Wildman–Crippen LogP) is 3.22. The van der Waals surface area contributed by atoms with Gasteiger partial charge in [-0.05, 0) is 12.1 Å². The summed E-state index contributed by atoms with van der Waals surface area (Å²) in [5.41, 5.74) is 2.93. The second kappa shape index (κ2) is 4.78. The third-order valence-electron chi connectivity index (χ3n) is 2.82. The summed E-state index contributed by atoms with van der Waals surface area (Å²) >= 11 is 5.73. The highest BCUT2D eigenvalue weighted by atomic mass is 35.5. The molecule has 4 heteroatoms. The maximum Gasteiger partial charge on any atom is 0.0953 e. The molecule has 3 nitrogen and oxygen atoms in total. The van der Waals surface area contributed by atoms with Crippen molar-refractivity contribution in [2.24, 2.45) is 0 Å². The molecule has 0 spiro atoms. The first-order valence-electron chi connectivity index (χ1n) is 5.76. The van der Waals surface area contributed by atoms with E-state index in [0.29, 0.717) is 12.4 Å². The molecule has 0 N–H and O–H groups in total. The van der Waals surface area contributed by atoms with E-state index in [2.05, 4.69) is 22.1 Å². The van der Waals surface area contributed by atoms with Crippen molar-refractivity contribution in [1.82, 2.24) is 14.5 Å². The predicted molar refractivity (Wildman–Crippen MR) is 72.6 cm³/mol. The van der Waals surface area contributed by atoms with Crippen molar-refractivity contribution in [2.45, 2.75) is 12.4 Å². The molecule has 0 atom stereocenters. The Morgan fingerprint density at radius 3 is 2.78 bits per heavy atom. The lowest BCUT2D eigenvalue weighted by atomic mass is 10.2. The molecule has 2 heterocycles. The zero-order valence-electron chi connectivity index (χ0n) is 9.75. The second-order valence-electron chi connectivity index (χ2n) is 4.17. The normalized spacial score (nSPS) is 10.9. The smallest absolute Gasteiger partial charge is 0.0953 e. The Morgan fingerprint density at radius 2 is 1.94 bits per heavy atom. The fourth-order valence-corrected chi connectivity index (χ4v) is 2.08. The summed E-state index contributed by atoms with van der Waals surface area (Å²) in [7, 11) is 0. The van der Waals surface area contributed by atoms with Crippen LogP contribution < -0.4 is 0 Å². The van der Waals surface area contributed by atoms with Crippen LogP contribution in [0.5, 0.6) is 0 Å². The van der Waals surface area contributed by atoms with Gasteiger partial charge in [-0.15, -0.1) is 11.6 Å². The zero-order valence-corrected chi connectivity index (χ0v) is 10.5. The number of fused-ring (bicyclic) bond motifs is 1. The van der Waals surface area contributed by atoms with E-state index in [1.807, 2.05) is 35.0 Å². The highest BCUT2D eigenvalue weighted by Gasteiger charge is 2.01.